The van der Waals surface area contributed by atoms with E-state index in [2.05, 4.69) is 10.2 Å². The van der Waals surface area contributed by atoms with Crippen molar-refractivity contribution >= 4 is 15.9 Å². The van der Waals surface area contributed by atoms with Crippen molar-refractivity contribution in [3.63, 3.8) is 0 Å². The van der Waals surface area contributed by atoms with Crippen LogP contribution in [-0.4, -0.2) is 61.3 Å². The number of sulfonamides is 1. The average Bonchev–Trinajstić information content (AvgIpc) is 2.65. The quantitative estimate of drug-likeness (QED) is 0.831. The highest BCUT2D eigenvalue weighted by Crippen LogP contribution is 2.26. The summed E-state index contributed by atoms with van der Waals surface area (Å²) in [6, 6.07) is 5.34. The van der Waals surface area contributed by atoms with Gasteiger partial charge in [-0.2, -0.15) is 4.31 Å². The van der Waals surface area contributed by atoms with Gasteiger partial charge in [-0.15, -0.1) is 0 Å². The third kappa shape index (κ3) is 4.75. The van der Waals surface area contributed by atoms with Gasteiger partial charge in [-0.25, -0.2) is 8.42 Å². The van der Waals surface area contributed by atoms with E-state index in [1.807, 2.05) is 39.8 Å². The molecule has 1 unspecified atom stereocenters. The lowest BCUT2D eigenvalue weighted by molar-refractivity contribution is -0.127. The van der Waals surface area contributed by atoms with Gasteiger partial charge in [0.1, 0.15) is 0 Å². The second kappa shape index (κ2) is 8.13. The normalized spacial score (nSPS) is 20.4. The van der Waals surface area contributed by atoms with E-state index in [1.54, 1.807) is 10.4 Å². The van der Waals surface area contributed by atoms with E-state index in [-0.39, 0.29) is 17.5 Å². The van der Waals surface area contributed by atoms with Crippen LogP contribution in [0, 0.1) is 0 Å². The van der Waals surface area contributed by atoms with E-state index in [0.29, 0.717) is 31.1 Å². The van der Waals surface area contributed by atoms with Crippen molar-refractivity contribution in [3.8, 4) is 0 Å². The largest absolute Gasteiger partial charge is 0.350 e. The third-order valence-electron chi connectivity index (χ3n) is 5.66. The number of hydrogen-bond donors (Lipinski definition) is 1. The van der Waals surface area contributed by atoms with Crippen molar-refractivity contribution in [2.75, 3.05) is 26.2 Å². The standard InChI is InChI=1S/C21H33N3O3S/c1-16(20(25)22-21(2,3)4)23-11-13-24(14-12-23)28(26,27)19-10-9-17-7-5-6-8-18(17)15-19/h9-10,15-16H,5-8,11-14H2,1-4H3,(H,22,25). The SMILES string of the molecule is CC(C(=O)NC(C)(C)C)N1CCN(S(=O)(=O)c2ccc3c(c2)CCCC3)CC1. The minimum Gasteiger partial charge on any atom is -0.350 e. The van der Waals surface area contributed by atoms with Crippen LogP contribution in [0.3, 0.4) is 0 Å². The number of aryl methyl sites for hydroxylation is 2. The minimum atomic E-state index is -3.49. The van der Waals surface area contributed by atoms with Crippen LogP contribution in [-0.2, 0) is 27.7 Å². The van der Waals surface area contributed by atoms with Crippen LogP contribution in [0.1, 0.15) is 51.7 Å². The molecule has 0 spiro atoms. The highest BCUT2D eigenvalue weighted by molar-refractivity contribution is 7.89. The Labute approximate surface area is 169 Å². The van der Waals surface area contributed by atoms with Gasteiger partial charge in [-0.3, -0.25) is 9.69 Å². The van der Waals surface area contributed by atoms with Gasteiger partial charge >= 0.3 is 0 Å². The zero-order valence-electron chi connectivity index (χ0n) is 17.5. The Balaban J connectivity index is 1.64. The number of nitrogens with zero attached hydrogens (tertiary/aromatic N) is 2. The second-order valence-corrected chi connectivity index (χ2v) is 10.9. The van der Waals surface area contributed by atoms with Gasteiger partial charge in [-0.1, -0.05) is 6.07 Å². The van der Waals surface area contributed by atoms with Crippen LogP contribution in [0.15, 0.2) is 23.1 Å². The van der Waals surface area contributed by atoms with Crippen molar-refractivity contribution in [1.82, 2.24) is 14.5 Å². The van der Waals surface area contributed by atoms with E-state index in [4.69, 9.17) is 0 Å². The topological polar surface area (TPSA) is 69.7 Å². The molecule has 156 valence electrons. The van der Waals surface area contributed by atoms with Crippen LogP contribution in [0.5, 0.6) is 0 Å². The predicted molar refractivity (Wildman–Crippen MR) is 111 cm³/mol. The Bertz CT molecular complexity index is 822. The first kappa shape index (κ1) is 21.3. The van der Waals surface area contributed by atoms with Crippen LogP contribution in [0.25, 0.3) is 0 Å². The highest BCUT2D eigenvalue weighted by atomic mass is 32.2. The number of benzene rings is 1. The molecule has 1 heterocycles. The Morgan fingerprint density at radius 2 is 1.64 bits per heavy atom. The van der Waals surface area contributed by atoms with Gasteiger partial charge in [0.2, 0.25) is 15.9 Å². The molecule has 1 fully saturated rings. The van der Waals surface area contributed by atoms with Gasteiger partial charge in [0.15, 0.2) is 0 Å². The molecule has 1 aliphatic carbocycles. The number of fused-ring (bicyclic) bond motifs is 1. The van der Waals surface area contributed by atoms with E-state index in [0.717, 1.165) is 19.3 Å². The third-order valence-corrected chi connectivity index (χ3v) is 7.55. The van der Waals surface area contributed by atoms with Crippen LogP contribution in [0.2, 0.25) is 0 Å². The van der Waals surface area contributed by atoms with Crippen molar-refractivity contribution < 1.29 is 13.2 Å². The number of amides is 1. The molecule has 1 aromatic carbocycles. The molecular formula is C21H33N3O3S. The van der Waals surface area contributed by atoms with Crippen LogP contribution in [0.4, 0.5) is 0 Å². The fourth-order valence-electron chi connectivity index (χ4n) is 3.99. The summed E-state index contributed by atoms with van der Waals surface area (Å²) in [5, 5.41) is 3.00. The molecule has 28 heavy (non-hydrogen) atoms. The maximum Gasteiger partial charge on any atom is 0.243 e. The fraction of sp³-hybridized carbons (Fsp3) is 0.667. The molecule has 0 radical (unpaired) electrons. The Morgan fingerprint density at radius 3 is 2.25 bits per heavy atom. The fourth-order valence-corrected chi connectivity index (χ4v) is 5.46. The molecule has 0 aromatic heterocycles. The molecule has 3 rings (SSSR count). The summed E-state index contributed by atoms with van der Waals surface area (Å²) >= 11 is 0. The predicted octanol–water partition coefficient (Wildman–Crippen LogP) is 2.17. The Kier molecular flexibility index (Phi) is 6.17. The molecule has 0 bridgehead atoms. The number of rotatable bonds is 4. The van der Waals surface area contributed by atoms with Crippen molar-refractivity contribution in [3.05, 3.63) is 29.3 Å². The van der Waals surface area contributed by atoms with Gasteiger partial charge in [-0.05, 0) is 76.6 Å². The summed E-state index contributed by atoms with van der Waals surface area (Å²) in [6.45, 7) is 9.70. The second-order valence-electron chi connectivity index (χ2n) is 8.99. The number of nitrogens with one attached hydrogen (secondary N) is 1. The molecule has 2 aliphatic rings. The zero-order valence-corrected chi connectivity index (χ0v) is 18.3. The van der Waals surface area contributed by atoms with E-state index >= 15 is 0 Å². The first-order chi connectivity index (χ1) is 13.1. The molecule has 1 atom stereocenters. The summed E-state index contributed by atoms with van der Waals surface area (Å²) in [5.74, 6) is -0.0153. The Hall–Kier alpha value is -1.44. The van der Waals surface area contributed by atoms with Crippen molar-refractivity contribution in [2.45, 2.75) is 69.9 Å². The van der Waals surface area contributed by atoms with Crippen molar-refractivity contribution in [1.29, 1.82) is 0 Å². The number of hydrogen-bond acceptors (Lipinski definition) is 4. The summed E-state index contributed by atoms with van der Waals surface area (Å²) < 4.78 is 27.8. The number of carbonyl (C=O) groups excluding carboxylic acids is 1. The number of carbonyl (C=O) groups is 1. The summed E-state index contributed by atoms with van der Waals surface area (Å²) in [7, 11) is -3.49. The van der Waals surface area contributed by atoms with Gasteiger partial charge in [0.05, 0.1) is 10.9 Å². The molecule has 6 nitrogen and oxygen atoms in total. The summed E-state index contributed by atoms with van der Waals surface area (Å²) in [5.41, 5.74) is 2.19. The summed E-state index contributed by atoms with van der Waals surface area (Å²) in [4.78, 5) is 14.9. The lowest BCUT2D eigenvalue weighted by Gasteiger charge is -2.37. The van der Waals surface area contributed by atoms with Crippen LogP contribution < -0.4 is 5.32 Å². The van der Waals surface area contributed by atoms with E-state index < -0.39 is 10.0 Å². The molecule has 7 heteroatoms. The van der Waals surface area contributed by atoms with Crippen molar-refractivity contribution in [2.24, 2.45) is 0 Å². The van der Waals surface area contributed by atoms with Crippen LogP contribution >= 0.6 is 0 Å². The Morgan fingerprint density at radius 1 is 1.04 bits per heavy atom. The van der Waals surface area contributed by atoms with Gasteiger partial charge < -0.3 is 5.32 Å². The molecule has 1 aliphatic heterocycles. The first-order valence-electron chi connectivity index (χ1n) is 10.3. The highest BCUT2D eigenvalue weighted by Gasteiger charge is 2.32. The monoisotopic (exact) mass is 407 g/mol. The van der Waals surface area contributed by atoms with E-state index in [9.17, 15) is 13.2 Å². The average molecular weight is 408 g/mol. The maximum atomic E-state index is 13.1. The summed E-state index contributed by atoms with van der Waals surface area (Å²) in [6.07, 6.45) is 4.32. The molecule has 0 saturated carbocycles. The molecule has 1 N–H and O–H groups in total. The molecular weight excluding hydrogens is 374 g/mol. The molecule has 1 aromatic rings. The van der Waals surface area contributed by atoms with Gasteiger partial charge in [0, 0.05) is 31.7 Å². The number of piperazine rings is 1. The lowest BCUT2D eigenvalue weighted by atomic mass is 9.92. The zero-order chi connectivity index (χ0) is 20.5. The molecule has 1 amide bonds. The van der Waals surface area contributed by atoms with Gasteiger partial charge in [0.25, 0.3) is 0 Å². The minimum absolute atomic E-state index is 0.0153. The smallest absolute Gasteiger partial charge is 0.243 e. The maximum absolute atomic E-state index is 13.1. The first-order valence-corrected chi connectivity index (χ1v) is 11.7. The molecule has 1 saturated heterocycles. The van der Waals surface area contributed by atoms with E-state index in [1.165, 1.54) is 17.5 Å². The lowest BCUT2D eigenvalue weighted by Crippen LogP contribution is -2.56.